The van der Waals surface area contributed by atoms with Gasteiger partial charge < -0.3 is 19.3 Å². The number of carbonyl (C=O) groups is 1. The molecular formula is C27H26ClFN6O3. The van der Waals surface area contributed by atoms with Crippen LogP contribution in [-0.2, 0) is 4.74 Å². The SMILES string of the molecule is COc1nc(N2CC3CC2CN3C(=O)OC(C)(C)C)c2cnc(-c3cncc4cccc(Cl)c34)c(F)c2n1. The molecule has 9 nitrogen and oxygen atoms in total. The van der Waals surface area contributed by atoms with E-state index < -0.39 is 11.4 Å². The number of benzene rings is 1. The van der Waals surface area contributed by atoms with Gasteiger partial charge in [0.2, 0.25) is 0 Å². The summed E-state index contributed by atoms with van der Waals surface area (Å²) in [5.41, 5.74) is 0.0847. The van der Waals surface area contributed by atoms with Crippen LogP contribution in [0.1, 0.15) is 27.2 Å². The number of aromatic nitrogens is 4. The molecule has 2 saturated heterocycles. The fraction of sp³-hybridized carbons (Fsp3) is 0.370. The molecule has 4 aromatic rings. The summed E-state index contributed by atoms with van der Waals surface area (Å²) in [5.74, 6) is -0.0892. The standard InChI is InChI=1S/C27H26ClFN6O3/c1-27(2,3)38-26(36)35-13-15-8-16(35)12-34(15)24-18-11-31-22(21(29)23(18)32-25(33-24)37-4)17-10-30-9-14-6-5-7-19(28)20(14)17/h5-7,9-11,15-16H,8,12-13H2,1-4H3. The fourth-order valence-electron chi connectivity index (χ4n) is 5.36. The average molecular weight is 537 g/mol. The molecule has 0 saturated carbocycles. The molecule has 1 aromatic carbocycles. The second kappa shape index (κ2) is 8.90. The first-order chi connectivity index (χ1) is 18.1. The highest BCUT2D eigenvalue weighted by atomic mass is 35.5. The van der Waals surface area contributed by atoms with Gasteiger partial charge in [-0.25, -0.2) is 9.18 Å². The second-order valence-corrected chi connectivity index (χ2v) is 11.0. The van der Waals surface area contributed by atoms with E-state index in [2.05, 4.69) is 24.8 Å². The summed E-state index contributed by atoms with van der Waals surface area (Å²) in [4.78, 5) is 34.2. The molecule has 2 aliphatic rings. The van der Waals surface area contributed by atoms with Crippen molar-refractivity contribution >= 4 is 45.2 Å². The van der Waals surface area contributed by atoms with Gasteiger partial charge in [0.15, 0.2) is 5.82 Å². The van der Waals surface area contributed by atoms with Crippen LogP contribution in [0.3, 0.4) is 0 Å². The Kier molecular flexibility index (Phi) is 5.75. The van der Waals surface area contributed by atoms with E-state index >= 15 is 4.39 Å². The molecule has 38 heavy (non-hydrogen) atoms. The van der Waals surface area contributed by atoms with E-state index in [0.29, 0.717) is 40.3 Å². The first-order valence-corrected chi connectivity index (χ1v) is 12.7. The van der Waals surface area contributed by atoms with Crippen molar-refractivity contribution in [2.45, 2.75) is 44.9 Å². The summed E-state index contributed by atoms with van der Waals surface area (Å²) in [5, 5.41) is 2.38. The van der Waals surface area contributed by atoms with Gasteiger partial charge in [-0.15, -0.1) is 0 Å². The summed E-state index contributed by atoms with van der Waals surface area (Å²) in [6.45, 7) is 6.57. The second-order valence-electron chi connectivity index (χ2n) is 10.6. The maximum atomic E-state index is 16.1. The third-order valence-electron chi connectivity index (χ3n) is 6.95. The molecule has 2 fully saturated rings. The van der Waals surface area contributed by atoms with E-state index in [1.54, 1.807) is 29.6 Å². The Balaban J connectivity index is 1.41. The highest BCUT2D eigenvalue weighted by molar-refractivity contribution is 6.36. The van der Waals surface area contributed by atoms with Gasteiger partial charge in [-0.3, -0.25) is 9.97 Å². The van der Waals surface area contributed by atoms with Gasteiger partial charge in [-0.1, -0.05) is 23.7 Å². The molecule has 0 spiro atoms. The molecule has 5 heterocycles. The molecule has 3 aromatic heterocycles. The number of hydrogen-bond acceptors (Lipinski definition) is 8. The minimum Gasteiger partial charge on any atom is -0.467 e. The Labute approximate surface area is 223 Å². The molecule has 2 bridgehead atoms. The van der Waals surface area contributed by atoms with Gasteiger partial charge in [0.25, 0.3) is 0 Å². The van der Waals surface area contributed by atoms with Crippen molar-refractivity contribution in [3.8, 4) is 17.3 Å². The summed E-state index contributed by atoms with van der Waals surface area (Å²) in [6.07, 6.45) is 5.25. The van der Waals surface area contributed by atoms with Crippen molar-refractivity contribution < 1.29 is 18.7 Å². The van der Waals surface area contributed by atoms with Crippen LogP contribution in [0, 0.1) is 5.82 Å². The lowest BCUT2D eigenvalue weighted by Crippen LogP contribution is -2.50. The zero-order valence-corrected chi connectivity index (χ0v) is 22.2. The van der Waals surface area contributed by atoms with Crippen molar-refractivity contribution in [3.05, 3.63) is 47.6 Å². The van der Waals surface area contributed by atoms with Crippen molar-refractivity contribution in [3.63, 3.8) is 0 Å². The highest BCUT2D eigenvalue weighted by Gasteiger charge is 2.47. The lowest BCUT2D eigenvalue weighted by molar-refractivity contribution is 0.0214. The maximum absolute atomic E-state index is 16.1. The number of methoxy groups -OCH3 is 1. The Bertz CT molecular complexity index is 1590. The molecule has 2 unspecified atom stereocenters. The number of carbonyl (C=O) groups excluding carboxylic acids is 1. The third-order valence-corrected chi connectivity index (χ3v) is 7.27. The Morgan fingerprint density at radius 1 is 1.13 bits per heavy atom. The Morgan fingerprint density at radius 3 is 2.66 bits per heavy atom. The van der Waals surface area contributed by atoms with Crippen LogP contribution in [0.2, 0.25) is 5.02 Å². The number of likely N-dealkylation sites (tertiary alicyclic amines) is 1. The van der Waals surface area contributed by atoms with E-state index in [1.807, 2.05) is 32.9 Å². The number of halogens is 2. The Hall–Kier alpha value is -3.79. The van der Waals surface area contributed by atoms with Gasteiger partial charge in [0.1, 0.15) is 22.6 Å². The molecule has 0 N–H and O–H groups in total. The number of hydrogen-bond donors (Lipinski definition) is 0. The van der Waals surface area contributed by atoms with Gasteiger partial charge in [-0.2, -0.15) is 9.97 Å². The first-order valence-electron chi connectivity index (χ1n) is 12.3. The van der Waals surface area contributed by atoms with Gasteiger partial charge in [0.05, 0.1) is 24.6 Å². The zero-order chi connectivity index (χ0) is 26.8. The predicted molar refractivity (Wildman–Crippen MR) is 142 cm³/mol. The fourth-order valence-corrected chi connectivity index (χ4v) is 5.64. The summed E-state index contributed by atoms with van der Waals surface area (Å²) >= 11 is 6.48. The number of rotatable bonds is 3. The lowest BCUT2D eigenvalue weighted by atomic mass is 10.0. The summed E-state index contributed by atoms with van der Waals surface area (Å²) in [6, 6.07) is 5.44. The topological polar surface area (TPSA) is 93.6 Å². The van der Waals surface area contributed by atoms with E-state index in [0.717, 1.165) is 11.8 Å². The van der Waals surface area contributed by atoms with Gasteiger partial charge in [-0.05, 0) is 33.3 Å². The van der Waals surface area contributed by atoms with Gasteiger partial charge in [0, 0.05) is 53.0 Å². The molecule has 0 radical (unpaired) electrons. The van der Waals surface area contributed by atoms with Crippen LogP contribution in [0.4, 0.5) is 15.0 Å². The molecule has 6 rings (SSSR count). The zero-order valence-electron chi connectivity index (χ0n) is 21.4. The number of fused-ring (bicyclic) bond motifs is 4. The van der Waals surface area contributed by atoms with Crippen LogP contribution in [0.25, 0.3) is 32.9 Å². The molecule has 2 aliphatic heterocycles. The number of anilines is 1. The number of piperazine rings is 1. The average Bonchev–Trinajstić information content (AvgIpc) is 3.49. The van der Waals surface area contributed by atoms with Crippen LogP contribution in [-0.4, -0.2) is 68.8 Å². The number of pyridine rings is 2. The minimum atomic E-state index is -0.613. The third kappa shape index (κ3) is 4.03. The normalized spacial score (nSPS) is 19.0. The van der Waals surface area contributed by atoms with Crippen molar-refractivity contribution in [1.82, 2.24) is 24.8 Å². The minimum absolute atomic E-state index is 0.000800. The number of amides is 1. The predicted octanol–water partition coefficient (Wildman–Crippen LogP) is 5.24. The van der Waals surface area contributed by atoms with Crippen molar-refractivity contribution in [2.24, 2.45) is 0 Å². The molecule has 1 amide bonds. The van der Waals surface area contributed by atoms with Crippen LogP contribution in [0.5, 0.6) is 6.01 Å². The maximum Gasteiger partial charge on any atom is 0.410 e. The molecular weight excluding hydrogens is 511 g/mol. The van der Waals surface area contributed by atoms with Crippen LogP contribution < -0.4 is 9.64 Å². The smallest absolute Gasteiger partial charge is 0.410 e. The van der Waals surface area contributed by atoms with Crippen molar-refractivity contribution in [2.75, 3.05) is 25.1 Å². The monoisotopic (exact) mass is 536 g/mol. The molecule has 196 valence electrons. The number of ether oxygens (including phenoxy) is 2. The summed E-state index contributed by atoms with van der Waals surface area (Å²) < 4.78 is 27.1. The molecule has 0 aliphatic carbocycles. The largest absolute Gasteiger partial charge is 0.467 e. The van der Waals surface area contributed by atoms with Crippen molar-refractivity contribution in [1.29, 1.82) is 0 Å². The quantitative estimate of drug-likeness (QED) is 0.351. The van der Waals surface area contributed by atoms with E-state index in [-0.39, 0.29) is 35.4 Å². The Morgan fingerprint density at radius 2 is 1.95 bits per heavy atom. The molecule has 11 heteroatoms. The first kappa shape index (κ1) is 24.5. The van der Waals surface area contributed by atoms with Crippen LogP contribution >= 0.6 is 11.6 Å². The van der Waals surface area contributed by atoms with Gasteiger partial charge >= 0.3 is 12.1 Å². The summed E-state index contributed by atoms with van der Waals surface area (Å²) in [7, 11) is 1.44. The van der Waals surface area contributed by atoms with E-state index in [1.165, 1.54) is 7.11 Å². The van der Waals surface area contributed by atoms with E-state index in [4.69, 9.17) is 21.1 Å². The lowest BCUT2D eigenvalue weighted by Gasteiger charge is -2.36. The molecule has 2 atom stereocenters. The van der Waals surface area contributed by atoms with Crippen LogP contribution in [0.15, 0.2) is 36.8 Å². The highest BCUT2D eigenvalue weighted by Crippen LogP contribution is 2.40. The number of nitrogens with zero attached hydrogens (tertiary/aromatic N) is 6. The van der Waals surface area contributed by atoms with E-state index in [9.17, 15) is 4.79 Å².